The maximum atomic E-state index is 10.9. The Morgan fingerprint density at radius 2 is 1.65 bits per heavy atom. The van der Waals surface area contributed by atoms with Crippen LogP contribution in [0.15, 0.2) is 0 Å². The van der Waals surface area contributed by atoms with E-state index in [1.807, 2.05) is 0 Å². The Labute approximate surface area is 111 Å². The minimum absolute atomic E-state index is 0.129. The first kappa shape index (κ1) is 16.8. The summed E-state index contributed by atoms with van der Waals surface area (Å²) in [4.78, 5) is 10.9. The van der Waals surface area contributed by atoms with Crippen molar-refractivity contribution in [2.75, 3.05) is 7.11 Å². The number of carbonyl (C=O) groups is 1. The van der Waals surface area contributed by atoms with Gasteiger partial charge in [-0.2, -0.15) is 0 Å². The Morgan fingerprint density at radius 1 is 1.06 bits per heavy atom. The summed E-state index contributed by atoms with van der Waals surface area (Å²) < 4.78 is 4.58. The molecule has 0 N–H and O–H groups in total. The van der Waals surface area contributed by atoms with Crippen molar-refractivity contribution in [3.63, 3.8) is 0 Å². The van der Waals surface area contributed by atoms with Gasteiger partial charge in [-0.3, -0.25) is 4.79 Å². The molecule has 0 aliphatic heterocycles. The highest BCUT2D eigenvalue weighted by Crippen LogP contribution is 2.16. The predicted octanol–water partition coefficient (Wildman–Crippen LogP) is 4.69. The molecular weight excluding hydrogens is 236 g/mol. The van der Waals surface area contributed by atoms with Gasteiger partial charge in [0.2, 0.25) is 0 Å². The fourth-order valence-electron chi connectivity index (χ4n) is 1.84. The van der Waals surface area contributed by atoms with E-state index in [0.717, 1.165) is 12.8 Å². The van der Waals surface area contributed by atoms with Gasteiger partial charge in [0.05, 0.1) is 7.11 Å². The van der Waals surface area contributed by atoms with E-state index in [-0.39, 0.29) is 11.3 Å². The van der Waals surface area contributed by atoms with Crippen molar-refractivity contribution >= 4 is 17.6 Å². The maximum Gasteiger partial charge on any atom is 0.305 e. The summed E-state index contributed by atoms with van der Waals surface area (Å²) in [7, 11) is 1.42. The zero-order valence-corrected chi connectivity index (χ0v) is 12.1. The lowest BCUT2D eigenvalue weighted by molar-refractivity contribution is -0.140. The van der Waals surface area contributed by atoms with Crippen molar-refractivity contribution in [2.45, 2.75) is 76.5 Å². The van der Waals surface area contributed by atoms with Crippen LogP contribution in [0.25, 0.3) is 0 Å². The van der Waals surface area contributed by atoms with Crippen molar-refractivity contribution in [1.29, 1.82) is 0 Å². The third-order valence-electron chi connectivity index (χ3n) is 3.01. The Bertz CT molecular complexity index is 183. The van der Waals surface area contributed by atoms with Gasteiger partial charge in [0, 0.05) is 11.8 Å². The number of unbranched alkanes of at least 4 members (excludes halogenated alkanes) is 6. The van der Waals surface area contributed by atoms with Gasteiger partial charge >= 0.3 is 5.97 Å². The van der Waals surface area contributed by atoms with E-state index < -0.39 is 0 Å². The summed E-state index contributed by atoms with van der Waals surface area (Å²) in [5.74, 6) is -0.157. The van der Waals surface area contributed by atoms with Crippen LogP contribution in [-0.2, 0) is 9.53 Å². The Morgan fingerprint density at radius 3 is 2.24 bits per heavy atom. The third-order valence-corrected chi connectivity index (χ3v) is 3.45. The van der Waals surface area contributed by atoms with Crippen molar-refractivity contribution < 1.29 is 9.53 Å². The summed E-state index contributed by atoms with van der Waals surface area (Å²) in [6.07, 6.45) is 11.4. The smallest absolute Gasteiger partial charge is 0.305 e. The number of halogens is 1. The normalized spacial score (nSPS) is 12.4. The summed E-state index contributed by atoms with van der Waals surface area (Å²) in [5, 5.41) is 0.129. The van der Waals surface area contributed by atoms with E-state index in [2.05, 4.69) is 11.7 Å². The van der Waals surface area contributed by atoms with Crippen molar-refractivity contribution in [3.05, 3.63) is 0 Å². The molecule has 17 heavy (non-hydrogen) atoms. The highest BCUT2D eigenvalue weighted by Gasteiger charge is 2.08. The molecule has 0 saturated carbocycles. The molecule has 0 aromatic rings. The Kier molecular flexibility index (Phi) is 12.1. The lowest BCUT2D eigenvalue weighted by atomic mass is 10.1. The molecule has 0 heterocycles. The standard InChI is InChI=1S/C14H27ClO2/c1-3-4-5-6-7-8-9-10-13(15)11-12-14(16)17-2/h13H,3-12H2,1-2H3. The van der Waals surface area contributed by atoms with Gasteiger partial charge in [-0.05, 0) is 12.8 Å². The molecule has 0 spiro atoms. The first-order valence-electron chi connectivity index (χ1n) is 6.91. The van der Waals surface area contributed by atoms with Gasteiger partial charge < -0.3 is 4.74 Å². The van der Waals surface area contributed by atoms with E-state index in [0.29, 0.717) is 6.42 Å². The highest BCUT2D eigenvalue weighted by molar-refractivity contribution is 6.20. The number of methoxy groups -OCH3 is 1. The number of alkyl halides is 1. The zero-order valence-electron chi connectivity index (χ0n) is 11.3. The first-order valence-corrected chi connectivity index (χ1v) is 7.35. The minimum Gasteiger partial charge on any atom is -0.469 e. The molecule has 0 amide bonds. The lowest BCUT2D eigenvalue weighted by Gasteiger charge is -2.08. The van der Waals surface area contributed by atoms with Crippen LogP contribution in [0, 0.1) is 0 Å². The molecule has 0 bridgehead atoms. The Balaban J connectivity index is 3.21. The summed E-state index contributed by atoms with van der Waals surface area (Å²) in [6.45, 7) is 2.24. The quantitative estimate of drug-likeness (QED) is 0.307. The molecule has 1 unspecified atom stereocenters. The topological polar surface area (TPSA) is 26.3 Å². The third kappa shape index (κ3) is 12.0. The minimum atomic E-state index is -0.157. The van der Waals surface area contributed by atoms with Gasteiger partial charge in [0.15, 0.2) is 0 Å². The summed E-state index contributed by atoms with van der Waals surface area (Å²) >= 11 is 6.14. The van der Waals surface area contributed by atoms with Crippen LogP contribution in [-0.4, -0.2) is 18.5 Å². The van der Waals surface area contributed by atoms with Crippen LogP contribution in [0.2, 0.25) is 0 Å². The van der Waals surface area contributed by atoms with Crippen LogP contribution in [0.1, 0.15) is 71.1 Å². The molecule has 3 heteroatoms. The van der Waals surface area contributed by atoms with Crippen LogP contribution in [0.4, 0.5) is 0 Å². The monoisotopic (exact) mass is 262 g/mol. The molecule has 0 aromatic heterocycles. The van der Waals surface area contributed by atoms with Gasteiger partial charge in [-0.1, -0.05) is 51.9 Å². The molecule has 0 rings (SSSR count). The second-order valence-electron chi connectivity index (χ2n) is 4.62. The summed E-state index contributed by atoms with van der Waals surface area (Å²) in [5.41, 5.74) is 0. The number of rotatable bonds is 11. The van der Waals surface area contributed by atoms with E-state index in [1.165, 1.54) is 52.1 Å². The predicted molar refractivity (Wildman–Crippen MR) is 73.5 cm³/mol. The SMILES string of the molecule is CCCCCCCCCC(Cl)CCC(=O)OC. The number of hydrogen-bond donors (Lipinski definition) is 0. The fraction of sp³-hybridized carbons (Fsp3) is 0.929. The molecule has 1 atom stereocenters. The van der Waals surface area contributed by atoms with Crippen LogP contribution >= 0.6 is 11.6 Å². The Hall–Kier alpha value is -0.240. The largest absolute Gasteiger partial charge is 0.469 e. The second kappa shape index (κ2) is 12.2. The number of esters is 1. The molecule has 0 saturated heterocycles. The van der Waals surface area contributed by atoms with Crippen LogP contribution in [0.5, 0.6) is 0 Å². The number of carbonyl (C=O) groups excluding carboxylic acids is 1. The molecular formula is C14H27ClO2. The van der Waals surface area contributed by atoms with E-state index in [1.54, 1.807) is 0 Å². The number of hydrogen-bond acceptors (Lipinski definition) is 2. The molecule has 2 nitrogen and oxygen atoms in total. The van der Waals surface area contributed by atoms with Crippen molar-refractivity contribution in [3.8, 4) is 0 Å². The van der Waals surface area contributed by atoms with Gasteiger partial charge in [-0.25, -0.2) is 0 Å². The van der Waals surface area contributed by atoms with Crippen LogP contribution in [0.3, 0.4) is 0 Å². The van der Waals surface area contributed by atoms with Gasteiger partial charge in [-0.15, -0.1) is 11.6 Å². The molecule has 0 radical (unpaired) electrons. The van der Waals surface area contributed by atoms with E-state index in [9.17, 15) is 4.79 Å². The van der Waals surface area contributed by atoms with E-state index >= 15 is 0 Å². The maximum absolute atomic E-state index is 10.9. The van der Waals surface area contributed by atoms with Gasteiger partial charge in [0.25, 0.3) is 0 Å². The second-order valence-corrected chi connectivity index (χ2v) is 5.24. The highest BCUT2D eigenvalue weighted by atomic mass is 35.5. The zero-order chi connectivity index (χ0) is 12.9. The summed E-state index contributed by atoms with van der Waals surface area (Å²) in [6, 6.07) is 0. The van der Waals surface area contributed by atoms with Gasteiger partial charge in [0.1, 0.15) is 0 Å². The molecule has 102 valence electrons. The average Bonchev–Trinajstić information content (AvgIpc) is 2.34. The fourth-order valence-corrected chi connectivity index (χ4v) is 2.11. The molecule has 0 fully saturated rings. The lowest BCUT2D eigenvalue weighted by Crippen LogP contribution is -2.05. The van der Waals surface area contributed by atoms with E-state index in [4.69, 9.17) is 11.6 Å². The molecule has 0 aliphatic carbocycles. The molecule has 0 aromatic carbocycles. The number of ether oxygens (including phenoxy) is 1. The average molecular weight is 263 g/mol. The van der Waals surface area contributed by atoms with Crippen molar-refractivity contribution in [1.82, 2.24) is 0 Å². The van der Waals surface area contributed by atoms with Crippen molar-refractivity contribution in [2.24, 2.45) is 0 Å². The van der Waals surface area contributed by atoms with Crippen LogP contribution < -0.4 is 0 Å². The molecule has 0 aliphatic rings. The first-order chi connectivity index (χ1) is 8.20.